The molecule has 12 heteroatoms. The number of nitrogens with one attached hydrogen (secondary N) is 3. The Bertz CT molecular complexity index is 1210. The Hall–Kier alpha value is -3.93. The maximum Gasteiger partial charge on any atom is 0.423 e. The lowest BCUT2D eigenvalue weighted by atomic mass is 9.89. The van der Waals surface area contributed by atoms with Gasteiger partial charge in [-0.15, -0.1) is 0 Å². The van der Waals surface area contributed by atoms with Gasteiger partial charge in [-0.3, -0.25) is 19.7 Å². The molecule has 4 N–H and O–H groups in total. The first-order chi connectivity index (χ1) is 18.3. The van der Waals surface area contributed by atoms with Crippen molar-refractivity contribution in [3.05, 3.63) is 69.8 Å². The SMILES string of the molecule is CC(O)(CNc1ccc(/C=C/C(=O)NCC2CCCCC2)cc1)C(=O)Nc1ccc([N+](=O)[O-])c(C(F)(F)F)c1. The zero-order valence-corrected chi connectivity index (χ0v) is 21.4. The van der Waals surface area contributed by atoms with Crippen molar-refractivity contribution in [3.8, 4) is 0 Å². The smallest absolute Gasteiger partial charge is 0.382 e. The molecule has 1 atom stereocenters. The summed E-state index contributed by atoms with van der Waals surface area (Å²) in [6, 6.07) is 8.87. The van der Waals surface area contributed by atoms with Crippen LogP contribution in [0.3, 0.4) is 0 Å². The highest BCUT2D eigenvalue weighted by Gasteiger charge is 2.39. The molecule has 0 spiro atoms. The van der Waals surface area contributed by atoms with Crippen molar-refractivity contribution in [3.63, 3.8) is 0 Å². The number of aliphatic hydroxyl groups is 1. The molecule has 1 fully saturated rings. The Balaban J connectivity index is 1.52. The molecular formula is C27H31F3N4O5. The number of rotatable bonds is 10. The third kappa shape index (κ3) is 8.81. The van der Waals surface area contributed by atoms with Crippen molar-refractivity contribution >= 4 is 35.0 Å². The number of carbonyl (C=O) groups is 2. The van der Waals surface area contributed by atoms with Crippen molar-refractivity contribution in [2.45, 2.75) is 50.8 Å². The normalized spacial score (nSPS) is 15.9. The highest BCUT2D eigenvalue weighted by atomic mass is 19.4. The van der Waals surface area contributed by atoms with Gasteiger partial charge in [0.05, 0.1) is 11.5 Å². The van der Waals surface area contributed by atoms with Gasteiger partial charge in [0.1, 0.15) is 5.56 Å². The van der Waals surface area contributed by atoms with Crippen LogP contribution in [0, 0.1) is 16.0 Å². The number of nitrogens with zero attached hydrogens (tertiary/aromatic N) is 1. The fourth-order valence-electron chi connectivity index (χ4n) is 4.20. The maximum atomic E-state index is 13.2. The van der Waals surface area contributed by atoms with Gasteiger partial charge in [0.2, 0.25) is 5.91 Å². The van der Waals surface area contributed by atoms with E-state index in [-0.39, 0.29) is 18.1 Å². The first-order valence-electron chi connectivity index (χ1n) is 12.5. The van der Waals surface area contributed by atoms with E-state index in [1.54, 1.807) is 30.3 Å². The predicted octanol–water partition coefficient (Wildman–Crippen LogP) is 5.12. The molecule has 9 nitrogen and oxygen atoms in total. The van der Waals surface area contributed by atoms with E-state index in [1.807, 2.05) is 0 Å². The van der Waals surface area contributed by atoms with E-state index >= 15 is 0 Å². The number of alkyl halides is 3. The van der Waals surface area contributed by atoms with E-state index in [1.165, 1.54) is 32.3 Å². The second-order valence-corrected chi connectivity index (χ2v) is 9.77. The molecule has 2 aromatic rings. The lowest BCUT2D eigenvalue weighted by molar-refractivity contribution is -0.388. The van der Waals surface area contributed by atoms with Gasteiger partial charge in [0, 0.05) is 30.1 Å². The van der Waals surface area contributed by atoms with Crippen LogP contribution in [-0.2, 0) is 15.8 Å². The number of anilines is 2. The van der Waals surface area contributed by atoms with E-state index in [9.17, 15) is 38.0 Å². The van der Waals surface area contributed by atoms with Gasteiger partial charge in [0.25, 0.3) is 11.6 Å². The van der Waals surface area contributed by atoms with Gasteiger partial charge >= 0.3 is 6.18 Å². The van der Waals surface area contributed by atoms with Gasteiger partial charge < -0.3 is 21.1 Å². The summed E-state index contributed by atoms with van der Waals surface area (Å²) < 4.78 is 39.6. The van der Waals surface area contributed by atoms with Crippen molar-refractivity contribution in [1.29, 1.82) is 0 Å². The average Bonchev–Trinajstić information content (AvgIpc) is 2.90. The number of carbonyl (C=O) groups excluding carboxylic acids is 2. The molecule has 1 aliphatic rings. The maximum absolute atomic E-state index is 13.2. The molecule has 2 aromatic carbocycles. The molecule has 0 heterocycles. The van der Waals surface area contributed by atoms with Crippen LogP contribution in [0.5, 0.6) is 0 Å². The lowest BCUT2D eigenvalue weighted by Gasteiger charge is -2.23. The molecule has 1 aliphatic carbocycles. The quantitative estimate of drug-likeness (QED) is 0.185. The number of hydrogen-bond acceptors (Lipinski definition) is 6. The number of nitro groups is 1. The molecule has 0 bridgehead atoms. The number of hydrogen-bond donors (Lipinski definition) is 4. The van der Waals surface area contributed by atoms with E-state index in [0.717, 1.165) is 24.5 Å². The van der Waals surface area contributed by atoms with E-state index in [0.29, 0.717) is 30.3 Å². The fourth-order valence-corrected chi connectivity index (χ4v) is 4.20. The summed E-state index contributed by atoms with van der Waals surface area (Å²) in [7, 11) is 0. The van der Waals surface area contributed by atoms with Gasteiger partial charge in [-0.25, -0.2) is 0 Å². The van der Waals surface area contributed by atoms with E-state index < -0.39 is 33.9 Å². The standard InChI is InChI=1S/C27H31F3N4O5/c1-26(37,25(36)33-21-12-13-23(34(38)39)22(15-21)27(28,29)30)17-32-20-10-7-18(8-11-20)9-14-24(35)31-16-19-5-3-2-4-6-19/h7-15,19,32,37H,2-6,16-17H2,1H3,(H,31,35)(H,33,36)/b14-9+. The van der Waals surface area contributed by atoms with Crippen LogP contribution in [-0.4, -0.2) is 40.5 Å². The van der Waals surface area contributed by atoms with E-state index in [2.05, 4.69) is 16.0 Å². The summed E-state index contributed by atoms with van der Waals surface area (Å²) >= 11 is 0. The highest BCUT2D eigenvalue weighted by molar-refractivity contribution is 5.97. The molecular weight excluding hydrogens is 517 g/mol. The summed E-state index contributed by atoms with van der Waals surface area (Å²) in [5.74, 6) is -0.636. The molecule has 39 heavy (non-hydrogen) atoms. The van der Waals surface area contributed by atoms with E-state index in [4.69, 9.17) is 0 Å². The number of halogens is 3. The van der Waals surface area contributed by atoms with Crippen LogP contribution in [0.25, 0.3) is 6.08 Å². The monoisotopic (exact) mass is 548 g/mol. The van der Waals surface area contributed by atoms with Gasteiger partial charge in [-0.2, -0.15) is 13.2 Å². The molecule has 2 amide bonds. The second kappa shape index (κ2) is 12.7. The molecule has 0 aromatic heterocycles. The topological polar surface area (TPSA) is 134 Å². The first-order valence-corrected chi connectivity index (χ1v) is 12.5. The first kappa shape index (κ1) is 29.6. The molecule has 0 radical (unpaired) electrons. The van der Waals surface area contributed by atoms with Crippen molar-refractivity contribution in [1.82, 2.24) is 5.32 Å². The van der Waals surface area contributed by atoms with Crippen LogP contribution in [0.2, 0.25) is 0 Å². The summed E-state index contributed by atoms with van der Waals surface area (Å²) in [5.41, 5.74) is -3.73. The summed E-state index contributed by atoms with van der Waals surface area (Å²) in [6.45, 7) is 1.57. The zero-order valence-electron chi connectivity index (χ0n) is 21.4. The van der Waals surface area contributed by atoms with Crippen molar-refractivity contribution in [2.75, 3.05) is 23.7 Å². The van der Waals surface area contributed by atoms with Gasteiger partial charge in [-0.05, 0) is 61.6 Å². The zero-order chi connectivity index (χ0) is 28.6. The Morgan fingerprint density at radius 3 is 2.33 bits per heavy atom. The minimum Gasteiger partial charge on any atom is -0.382 e. The van der Waals surface area contributed by atoms with Crippen LogP contribution in [0.15, 0.2) is 48.5 Å². The number of benzene rings is 2. The van der Waals surface area contributed by atoms with Crippen LogP contribution in [0.1, 0.15) is 50.2 Å². The van der Waals surface area contributed by atoms with Crippen LogP contribution in [0.4, 0.5) is 30.2 Å². The molecule has 1 unspecified atom stereocenters. The van der Waals surface area contributed by atoms with Crippen molar-refractivity contribution in [2.24, 2.45) is 5.92 Å². The van der Waals surface area contributed by atoms with Crippen LogP contribution < -0.4 is 16.0 Å². The molecule has 1 saturated carbocycles. The number of nitro benzene ring substituents is 1. The highest BCUT2D eigenvalue weighted by Crippen LogP contribution is 2.37. The van der Waals surface area contributed by atoms with Gasteiger partial charge in [-0.1, -0.05) is 31.4 Å². The van der Waals surface area contributed by atoms with Gasteiger partial charge in [0.15, 0.2) is 5.60 Å². The summed E-state index contributed by atoms with van der Waals surface area (Å²) in [4.78, 5) is 34.3. The molecule has 0 aliphatic heterocycles. The third-order valence-electron chi connectivity index (χ3n) is 6.51. The Kier molecular flexibility index (Phi) is 9.68. The fraction of sp³-hybridized carbons (Fsp3) is 0.407. The van der Waals surface area contributed by atoms with Crippen LogP contribution >= 0.6 is 0 Å². The Labute approximate surface area is 223 Å². The van der Waals surface area contributed by atoms with Crippen molar-refractivity contribution < 1.29 is 32.8 Å². The summed E-state index contributed by atoms with van der Waals surface area (Å²) in [5, 5.41) is 29.4. The average molecular weight is 549 g/mol. The third-order valence-corrected chi connectivity index (χ3v) is 6.51. The second-order valence-electron chi connectivity index (χ2n) is 9.77. The minimum atomic E-state index is -5.01. The minimum absolute atomic E-state index is 0.166. The Morgan fingerprint density at radius 1 is 1.08 bits per heavy atom. The molecule has 0 saturated heterocycles. The lowest BCUT2D eigenvalue weighted by Crippen LogP contribution is -2.45. The Morgan fingerprint density at radius 2 is 1.72 bits per heavy atom. The molecule has 3 rings (SSSR count). The number of amides is 2. The largest absolute Gasteiger partial charge is 0.423 e. The summed E-state index contributed by atoms with van der Waals surface area (Å²) in [6.07, 6.45) is 4.08. The molecule has 210 valence electrons. The predicted molar refractivity (Wildman–Crippen MR) is 141 cm³/mol.